The van der Waals surface area contributed by atoms with E-state index in [4.69, 9.17) is 4.74 Å². The van der Waals surface area contributed by atoms with Crippen LogP contribution in [0, 0.1) is 6.92 Å². The molecule has 0 radical (unpaired) electrons. The SMILES string of the molecule is Cc1nc2c(c(C(F)(F)F)n1)C(=O)COC2. The van der Waals surface area contributed by atoms with E-state index in [1.54, 1.807) is 0 Å². The highest BCUT2D eigenvalue weighted by molar-refractivity contribution is 5.99. The number of Topliss-reactive ketones (excluding diaryl/α,β-unsaturated/α-hetero) is 1. The molecule has 7 heteroatoms. The first-order chi connectivity index (χ1) is 7.39. The van der Waals surface area contributed by atoms with Crippen LogP contribution in [0.5, 0.6) is 0 Å². The van der Waals surface area contributed by atoms with Crippen molar-refractivity contribution in [3.8, 4) is 0 Å². The van der Waals surface area contributed by atoms with Gasteiger partial charge in [-0.05, 0) is 6.92 Å². The van der Waals surface area contributed by atoms with Crippen LogP contribution in [-0.4, -0.2) is 22.4 Å². The fourth-order valence-corrected chi connectivity index (χ4v) is 1.55. The van der Waals surface area contributed by atoms with Crippen molar-refractivity contribution in [2.24, 2.45) is 0 Å². The van der Waals surface area contributed by atoms with Gasteiger partial charge in [-0.1, -0.05) is 0 Å². The normalized spacial score (nSPS) is 16.1. The van der Waals surface area contributed by atoms with Crippen LogP contribution in [0.15, 0.2) is 0 Å². The van der Waals surface area contributed by atoms with Crippen molar-refractivity contribution in [3.63, 3.8) is 0 Å². The maximum absolute atomic E-state index is 12.6. The van der Waals surface area contributed by atoms with Crippen LogP contribution in [0.4, 0.5) is 13.2 Å². The summed E-state index contributed by atoms with van der Waals surface area (Å²) >= 11 is 0. The van der Waals surface area contributed by atoms with Crippen LogP contribution in [0.25, 0.3) is 0 Å². The molecule has 4 nitrogen and oxygen atoms in total. The van der Waals surface area contributed by atoms with Crippen molar-refractivity contribution < 1.29 is 22.7 Å². The van der Waals surface area contributed by atoms with E-state index >= 15 is 0 Å². The van der Waals surface area contributed by atoms with Crippen molar-refractivity contribution >= 4 is 5.78 Å². The molecule has 0 saturated carbocycles. The first kappa shape index (κ1) is 11.0. The Balaban J connectivity index is 2.68. The topological polar surface area (TPSA) is 52.1 Å². The van der Waals surface area contributed by atoms with E-state index in [-0.39, 0.29) is 24.7 Å². The maximum atomic E-state index is 12.6. The smallest absolute Gasteiger partial charge is 0.367 e. The van der Waals surface area contributed by atoms with Gasteiger partial charge in [-0.3, -0.25) is 4.79 Å². The number of fused-ring (bicyclic) bond motifs is 1. The summed E-state index contributed by atoms with van der Waals surface area (Å²) in [4.78, 5) is 18.4. The fraction of sp³-hybridized carbons (Fsp3) is 0.444. The Morgan fingerprint density at radius 3 is 2.56 bits per heavy atom. The molecule has 1 aliphatic heterocycles. The van der Waals surface area contributed by atoms with Gasteiger partial charge in [0.05, 0.1) is 17.9 Å². The first-order valence-corrected chi connectivity index (χ1v) is 4.45. The third kappa shape index (κ3) is 1.78. The Kier molecular flexibility index (Phi) is 2.42. The van der Waals surface area contributed by atoms with Gasteiger partial charge in [0.2, 0.25) is 0 Å². The predicted molar refractivity (Wildman–Crippen MR) is 45.8 cm³/mol. The van der Waals surface area contributed by atoms with Crippen LogP contribution in [-0.2, 0) is 17.5 Å². The van der Waals surface area contributed by atoms with Gasteiger partial charge in [-0.2, -0.15) is 13.2 Å². The number of alkyl halides is 3. The van der Waals surface area contributed by atoms with Crippen molar-refractivity contribution in [3.05, 3.63) is 22.8 Å². The summed E-state index contributed by atoms with van der Waals surface area (Å²) in [6.45, 7) is 0.893. The van der Waals surface area contributed by atoms with Gasteiger partial charge in [-0.15, -0.1) is 0 Å². The van der Waals surface area contributed by atoms with E-state index in [2.05, 4.69) is 9.97 Å². The zero-order valence-electron chi connectivity index (χ0n) is 8.26. The van der Waals surface area contributed by atoms with Crippen LogP contribution in [0.3, 0.4) is 0 Å². The maximum Gasteiger partial charge on any atom is 0.434 e. The summed E-state index contributed by atoms with van der Waals surface area (Å²) in [6.07, 6.45) is -4.65. The highest BCUT2D eigenvalue weighted by Crippen LogP contribution is 2.33. The molecule has 0 atom stereocenters. The summed E-state index contributed by atoms with van der Waals surface area (Å²) in [5, 5.41) is 0. The molecular formula is C9H7F3N2O2. The summed E-state index contributed by atoms with van der Waals surface area (Å²) in [5.74, 6) is -0.752. The van der Waals surface area contributed by atoms with E-state index in [0.29, 0.717) is 0 Å². The molecule has 0 N–H and O–H groups in total. The molecule has 0 unspecified atom stereocenters. The monoisotopic (exact) mass is 232 g/mol. The molecule has 0 bridgehead atoms. The van der Waals surface area contributed by atoms with Gasteiger partial charge in [0, 0.05) is 0 Å². The van der Waals surface area contributed by atoms with E-state index < -0.39 is 23.2 Å². The number of nitrogens with zero attached hydrogens (tertiary/aromatic N) is 2. The lowest BCUT2D eigenvalue weighted by Crippen LogP contribution is -2.26. The molecule has 0 amide bonds. The van der Waals surface area contributed by atoms with Crippen molar-refractivity contribution in [2.75, 3.05) is 6.61 Å². The van der Waals surface area contributed by atoms with E-state index in [1.807, 2.05) is 0 Å². The lowest BCUT2D eigenvalue weighted by atomic mass is 10.0. The number of aromatic nitrogens is 2. The standard InChI is InChI=1S/C9H7F3N2O2/c1-4-13-5-2-16-3-6(15)7(5)8(14-4)9(10,11)12/h2-3H2,1H3. The van der Waals surface area contributed by atoms with Gasteiger partial charge in [-0.25, -0.2) is 9.97 Å². The van der Waals surface area contributed by atoms with Crippen LogP contribution >= 0.6 is 0 Å². The van der Waals surface area contributed by atoms with E-state index in [1.165, 1.54) is 6.92 Å². The lowest BCUT2D eigenvalue weighted by Gasteiger charge is -2.18. The molecule has 0 aromatic carbocycles. The number of ketones is 1. The second kappa shape index (κ2) is 3.51. The average Bonchev–Trinajstić information content (AvgIpc) is 2.15. The Morgan fingerprint density at radius 1 is 1.25 bits per heavy atom. The van der Waals surface area contributed by atoms with Gasteiger partial charge in [0.1, 0.15) is 12.4 Å². The minimum atomic E-state index is -4.65. The molecule has 1 aromatic heterocycles. The molecule has 2 rings (SSSR count). The fourth-order valence-electron chi connectivity index (χ4n) is 1.55. The third-order valence-electron chi connectivity index (χ3n) is 2.12. The summed E-state index contributed by atoms with van der Waals surface area (Å²) < 4.78 is 42.8. The van der Waals surface area contributed by atoms with Crippen molar-refractivity contribution in [2.45, 2.75) is 19.7 Å². The molecule has 0 spiro atoms. The molecule has 2 heterocycles. The number of carbonyl (C=O) groups is 1. The molecule has 1 aromatic rings. The molecule has 0 saturated heterocycles. The Bertz CT molecular complexity index is 457. The number of carbonyl (C=O) groups excluding carboxylic acids is 1. The summed E-state index contributed by atoms with van der Waals surface area (Å²) in [5.41, 5.74) is -1.61. The Labute approximate surface area is 88.5 Å². The van der Waals surface area contributed by atoms with Crippen LogP contribution in [0.1, 0.15) is 27.6 Å². The zero-order valence-corrected chi connectivity index (χ0v) is 8.26. The second-order valence-electron chi connectivity index (χ2n) is 3.35. The van der Waals surface area contributed by atoms with E-state index in [0.717, 1.165) is 0 Å². The van der Waals surface area contributed by atoms with Gasteiger partial charge >= 0.3 is 6.18 Å². The molecule has 16 heavy (non-hydrogen) atoms. The zero-order chi connectivity index (χ0) is 11.9. The number of hydrogen-bond donors (Lipinski definition) is 0. The lowest BCUT2D eigenvalue weighted by molar-refractivity contribution is -0.142. The third-order valence-corrected chi connectivity index (χ3v) is 2.12. The summed E-state index contributed by atoms with van der Waals surface area (Å²) in [6, 6.07) is 0. The van der Waals surface area contributed by atoms with Crippen molar-refractivity contribution in [1.82, 2.24) is 9.97 Å². The molecule has 0 aliphatic carbocycles. The van der Waals surface area contributed by atoms with Crippen molar-refractivity contribution in [1.29, 1.82) is 0 Å². The number of halogens is 3. The second-order valence-corrected chi connectivity index (χ2v) is 3.35. The molecule has 1 aliphatic rings. The minimum Gasteiger partial charge on any atom is -0.367 e. The van der Waals surface area contributed by atoms with Gasteiger partial charge < -0.3 is 4.74 Å². The van der Waals surface area contributed by atoms with Gasteiger partial charge in [0.25, 0.3) is 0 Å². The predicted octanol–water partition coefficient (Wildman–Crippen LogP) is 1.52. The van der Waals surface area contributed by atoms with Gasteiger partial charge in [0.15, 0.2) is 11.5 Å². The van der Waals surface area contributed by atoms with E-state index in [9.17, 15) is 18.0 Å². The van der Waals surface area contributed by atoms with Crippen LogP contribution < -0.4 is 0 Å². The molecule has 0 fully saturated rings. The van der Waals surface area contributed by atoms with Crippen LogP contribution in [0.2, 0.25) is 0 Å². The highest BCUT2D eigenvalue weighted by Gasteiger charge is 2.40. The first-order valence-electron chi connectivity index (χ1n) is 4.45. The average molecular weight is 232 g/mol. The quantitative estimate of drug-likeness (QED) is 0.680. The molecule has 86 valence electrons. The Hall–Kier alpha value is -1.50. The number of ether oxygens (including phenoxy) is 1. The minimum absolute atomic E-state index is 0.0103. The largest absolute Gasteiger partial charge is 0.434 e. The number of aryl methyl sites for hydroxylation is 1. The number of hydrogen-bond acceptors (Lipinski definition) is 4. The molecular weight excluding hydrogens is 225 g/mol. The summed E-state index contributed by atoms with van der Waals surface area (Å²) in [7, 11) is 0. The highest BCUT2D eigenvalue weighted by atomic mass is 19.4. The number of rotatable bonds is 0. The Morgan fingerprint density at radius 2 is 1.94 bits per heavy atom.